The Bertz CT molecular complexity index is 781. The summed E-state index contributed by atoms with van der Waals surface area (Å²) in [6.07, 6.45) is 9.70. The highest BCUT2D eigenvalue weighted by Crippen LogP contribution is 2.55. The molecule has 6 rings (SSSR count). The van der Waals surface area contributed by atoms with Crippen molar-refractivity contribution < 1.29 is 4.79 Å². The molecular formula is C19H24N4OS. The maximum atomic E-state index is 12.9. The predicted octanol–water partition coefficient (Wildman–Crippen LogP) is 3.29. The lowest BCUT2D eigenvalue weighted by Crippen LogP contribution is -2.60. The van der Waals surface area contributed by atoms with Crippen LogP contribution in [0.4, 0.5) is 0 Å². The van der Waals surface area contributed by atoms with Gasteiger partial charge in [0.15, 0.2) is 10.8 Å². The van der Waals surface area contributed by atoms with E-state index in [4.69, 9.17) is 0 Å². The minimum atomic E-state index is -0.166. The van der Waals surface area contributed by atoms with Crippen molar-refractivity contribution in [3.8, 4) is 0 Å². The first-order valence-corrected chi connectivity index (χ1v) is 10.3. The van der Waals surface area contributed by atoms with Crippen molar-refractivity contribution in [1.29, 1.82) is 0 Å². The molecule has 5 nitrogen and oxygen atoms in total. The molecule has 25 heavy (non-hydrogen) atoms. The fraction of sp³-hybridized carbons (Fsp3) is 0.632. The van der Waals surface area contributed by atoms with Gasteiger partial charge in [-0.2, -0.15) is 0 Å². The van der Waals surface area contributed by atoms with E-state index < -0.39 is 0 Å². The molecule has 4 saturated carbocycles. The molecule has 4 fully saturated rings. The molecule has 2 aromatic rings. The standard InChI is InChI=1S/C19H24N4OS/c1-12(25-18-22-21-16-4-2-3-5-23(16)18)17(24)20-19-9-13-6-14(10-19)8-15(7-13)11-19/h2-5,12-15H,6-11H2,1H3,(H,20,24)/t12-,13?,14?,15?,19?/m1/s1. The van der Waals surface area contributed by atoms with Crippen molar-refractivity contribution in [3.63, 3.8) is 0 Å². The molecule has 1 N–H and O–H groups in total. The first kappa shape index (κ1) is 15.7. The number of pyridine rings is 1. The Labute approximate surface area is 152 Å². The topological polar surface area (TPSA) is 59.3 Å². The van der Waals surface area contributed by atoms with Crippen LogP contribution >= 0.6 is 11.8 Å². The van der Waals surface area contributed by atoms with Gasteiger partial charge in [0.25, 0.3) is 0 Å². The van der Waals surface area contributed by atoms with Crippen LogP contribution in [-0.4, -0.2) is 31.3 Å². The molecule has 0 radical (unpaired) electrons. The van der Waals surface area contributed by atoms with E-state index in [-0.39, 0.29) is 16.7 Å². The highest BCUT2D eigenvalue weighted by atomic mass is 32.2. The molecule has 2 aromatic heterocycles. The van der Waals surface area contributed by atoms with Crippen LogP contribution in [0.5, 0.6) is 0 Å². The lowest BCUT2D eigenvalue weighted by Gasteiger charge is -2.57. The summed E-state index contributed by atoms with van der Waals surface area (Å²) in [5, 5.41) is 12.5. The third-order valence-electron chi connectivity index (χ3n) is 6.36. The Morgan fingerprint density at radius 3 is 2.56 bits per heavy atom. The molecule has 2 heterocycles. The minimum absolute atomic E-state index is 0.0769. The van der Waals surface area contributed by atoms with E-state index in [9.17, 15) is 4.79 Å². The number of thioether (sulfide) groups is 1. The van der Waals surface area contributed by atoms with E-state index in [2.05, 4.69) is 15.5 Å². The highest BCUT2D eigenvalue weighted by Gasteiger charge is 2.51. The smallest absolute Gasteiger partial charge is 0.233 e. The first-order valence-electron chi connectivity index (χ1n) is 9.39. The van der Waals surface area contributed by atoms with Crippen LogP contribution in [0.15, 0.2) is 29.6 Å². The number of fused-ring (bicyclic) bond motifs is 1. The zero-order chi connectivity index (χ0) is 17.0. The lowest BCUT2D eigenvalue weighted by molar-refractivity contribution is -0.126. The maximum Gasteiger partial charge on any atom is 0.233 e. The number of aromatic nitrogens is 3. The number of carbonyl (C=O) groups is 1. The van der Waals surface area contributed by atoms with Gasteiger partial charge in [0, 0.05) is 11.7 Å². The van der Waals surface area contributed by atoms with Gasteiger partial charge < -0.3 is 5.32 Å². The molecule has 1 atom stereocenters. The quantitative estimate of drug-likeness (QED) is 0.854. The first-order chi connectivity index (χ1) is 12.1. The van der Waals surface area contributed by atoms with Gasteiger partial charge in [-0.1, -0.05) is 17.8 Å². The zero-order valence-corrected chi connectivity index (χ0v) is 15.3. The number of hydrogen-bond donors (Lipinski definition) is 1. The summed E-state index contributed by atoms with van der Waals surface area (Å²) >= 11 is 1.49. The van der Waals surface area contributed by atoms with Crippen LogP contribution in [0.3, 0.4) is 0 Å². The van der Waals surface area contributed by atoms with Crippen molar-refractivity contribution in [1.82, 2.24) is 19.9 Å². The summed E-state index contributed by atoms with van der Waals surface area (Å²) in [7, 11) is 0. The van der Waals surface area contributed by atoms with Gasteiger partial charge in [-0.05, 0) is 75.3 Å². The van der Waals surface area contributed by atoms with Crippen LogP contribution in [0.2, 0.25) is 0 Å². The average molecular weight is 356 g/mol. The fourth-order valence-corrected chi connectivity index (χ4v) is 6.58. The van der Waals surface area contributed by atoms with E-state index in [0.29, 0.717) is 0 Å². The van der Waals surface area contributed by atoms with Gasteiger partial charge >= 0.3 is 0 Å². The minimum Gasteiger partial charge on any atom is -0.350 e. The van der Waals surface area contributed by atoms with Crippen molar-refractivity contribution in [2.24, 2.45) is 17.8 Å². The zero-order valence-electron chi connectivity index (χ0n) is 14.5. The summed E-state index contributed by atoms with van der Waals surface area (Å²) in [5.74, 6) is 2.68. The molecule has 0 aliphatic heterocycles. The molecule has 132 valence electrons. The molecule has 4 aliphatic rings. The predicted molar refractivity (Wildman–Crippen MR) is 97.4 cm³/mol. The van der Waals surface area contributed by atoms with Gasteiger partial charge in [-0.25, -0.2) is 0 Å². The Morgan fingerprint density at radius 1 is 1.20 bits per heavy atom. The van der Waals surface area contributed by atoms with Gasteiger partial charge in [0.05, 0.1) is 5.25 Å². The maximum absolute atomic E-state index is 12.9. The van der Waals surface area contributed by atoms with Gasteiger partial charge in [-0.15, -0.1) is 10.2 Å². The second-order valence-electron chi connectivity index (χ2n) is 8.36. The van der Waals surface area contributed by atoms with Crippen LogP contribution in [0.1, 0.15) is 45.4 Å². The van der Waals surface area contributed by atoms with Crippen molar-refractivity contribution in [2.75, 3.05) is 0 Å². The second kappa shape index (κ2) is 5.73. The molecule has 0 saturated heterocycles. The van der Waals surface area contributed by atoms with E-state index in [1.165, 1.54) is 50.3 Å². The molecule has 1 amide bonds. The third kappa shape index (κ3) is 2.75. The molecule has 4 bridgehead atoms. The second-order valence-corrected chi connectivity index (χ2v) is 9.67. The van der Waals surface area contributed by atoms with Crippen molar-refractivity contribution in [3.05, 3.63) is 24.4 Å². The Morgan fingerprint density at radius 2 is 1.88 bits per heavy atom. The summed E-state index contributed by atoms with van der Waals surface area (Å²) < 4.78 is 1.94. The Balaban J connectivity index is 1.29. The number of rotatable bonds is 4. The third-order valence-corrected chi connectivity index (χ3v) is 7.42. The average Bonchev–Trinajstić information content (AvgIpc) is 2.96. The number of amides is 1. The largest absolute Gasteiger partial charge is 0.350 e. The lowest BCUT2D eigenvalue weighted by atomic mass is 9.53. The molecule has 4 aliphatic carbocycles. The molecular weight excluding hydrogens is 332 g/mol. The molecule has 0 unspecified atom stereocenters. The van der Waals surface area contributed by atoms with Crippen LogP contribution in [0.25, 0.3) is 5.65 Å². The summed E-state index contributed by atoms with van der Waals surface area (Å²) in [6.45, 7) is 1.98. The van der Waals surface area contributed by atoms with Crippen LogP contribution < -0.4 is 5.32 Å². The highest BCUT2D eigenvalue weighted by molar-refractivity contribution is 8.00. The van der Waals surface area contributed by atoms with Crippen molar-refractivity contribution in [2.45, 2.75) is 61.4 Å². The van der Waals surface area contributed by atoms with E-state index in [0.717, 1.165) is 28.6 Å². The van der Waals surface area contributed by atoms with Crippen LogP contribution in [0, 0.1) is 17.8 Å². The van der Waals surface area contributed by atoms with Crippen molar-refractivity contribution >= 4 is 23.3 Å². The SMILES string of the molecule is C[C@@H](Sc1nnc2ccccn12)C(=O)NC12CC3CC(CC(C3)C1)C2. The number of nitrogens with zero attached hydrogens (tertiary/aromatic N) is 3. The summed E-state index contributed by atoms with van der Waals surface area (Å²) in [5.41, 5.74) is 0.895. The fourth-order valence-electron chi connectivity index (χ4n) is 5.74. The number of nitrogens with one attached hydrogen (secondary N) is 1. The Kier molecular flexibility index (Phi) is 3.59. The van der Waals surface area contributed by atoms with E-state index in [1.54, 1.807) is 0 Å². The van der Waals surface area contributed by atoms with E-state index >= 15 is 0 Å². The summed E-state index contributed by atoms with van der Waals surface area (Å²) in [4.78, 5) is 12.9. The molecule has 0 aromatic carbocycles. The number of carbonyl (C=O) groups excluding carboxylic acids is 1. The number of hydrogen-bond acceptors (Lipinski definition) is 4. The van der Waals surface area contributed by atoms with Gasteiger partial charge in [0.1, 0.15) is 0 Å². The van der Waals surface area contributed by atoms with E-state index in [1.807, 2.05) is 35.7 Å². The van der Waals surface area contributed by atoms with Gasteiger partial charge in [0.2, 0.25) is 5.91 Å². The molecule has 0 spiro atoms. The monoisotopic (exact) mass is 356 g/mol. The normalized spacial score (nSPS) is 34.4. The van der Waals surface area contributed by atoms with Crippen LogP contribution in [-0.2, 0) is 4.79 Å². The Hall–Kier alpha value is -1.56. The molecule has 6 heteroatoms. The van der Waals surface area contributed by atoms with Gasteiger partial charge in [-0.3, -0.25) is 9.20 Å². The summed E-state index contributed by atoms with van der Waals surface area (Å²) in [6, 6.07) is 5.83.